The molecule has 5 aliphatic rings. The van der Waals surface area contributed by atoms with Crippen LogP contribution in [-0.2, 0) is 0 Å². The van der Waals surface area contributed by atoms with Gasteiger partial charge in [0.2, 0.25) is 0 Å². The van der Waals surface area contributed by atoms with Crippen LogP contribution >= 0.6 is 0 Å². The number of hydrogen-bond acceptors (Lipinski definition) is 5. The summed E-state index contributed by atoms with van der Waals surface area (Å²) in [5.41, 5.74) is 0. The Balaban J connectivity index is 0.000000294. The van der Waals surface area contributed by atoms with Gasteiger partial charge in [0.15, 0.2) is 0 Å². The van der Waals surface area contributed by atoms with Crippen LogP contribution in [0.15, 0.2) is 0 Å². The number of likely N-dealkylation sites (tertiary alicyclic amines) is 5. The smallest absolute Gasteiger partial charge is 0.000440 e. The van der Waals surface area contributed by atoms with E-state index in [0.717, 1.165) is 29.6 Å². The Bertz CT molecular complexity index is 593. The molecule has 5 heteroatoms. The topological polar surface area (TPSA) is 16.2 Å². The number of hydrogen-bond donors (Lipinski definition) is 0. The Morgan fingerprint density at radius 1 is 0.234 bits per heavy atom. The molecule has 0 aromatic heterocycles. The Kier molecular flexibility index (Phi) is 27.2. The molecule has 5 aliphatic heterocycles. The van der Waals surface area contributed by atoms with Gasteiger partial charge < -0.3 is 24.5 Å². The Morgan fingerprint density at radius 2 is 0.383 bits per heavy atom. The maximum absolute atomic E-state index is 2.59. The van der Waals surface area contributed by atoms with Crippen LogP contribution in [0.5, 0.6) is 0 Å². The number of nitrogens with zero attached hydrogens (tertiary/aromatic N) is 5. The molecule has 0 radical (unpaired) electrons. The van der Waals surface area contributed by atoms with Crippen molar-refractivity contribution in [3.05, 3.63) is 0 Å². The Labute approximate surface area is 297 Å². The van der Waals surface area contributed by atoms with Gasteiger partial charge in [0, 0.05) is 32.7 Å². The second-order valence-electron chi connectivity index (χ2n) is 17.7. The quantitative estimate of drug-likeness (QED) is 0.231. The highest BCUT2D eigenvalue weighted by Crippen LogP contribution is 2.13. The molecule has 5 rings (SSSR count). The largest absolute Gasteiger partial charge is 0.303 e. The van der Waals surface area contributed by atoms with Gasteiger partial charge in [-0.1, -0.05) is 88.5 Å². The lowest BCUT2D eigenvalue weighted by Gasteiger charge is -2.31. The van der Waals surface area contributed by atoms with Crippen molar-refractivity contribution in [2.75, 3.05) is 98.2 Å². The summed E-state index contributed by atoms with van der Waals surface area (Å²) >= 11 is 0. The van der Waals surface area contributed by atoms with Crippen LogP contribution in [0.1, 0.15) is 146 Å². The zero-order valence-corrected chi connectivity index (χ0v) is 34.2. The second-order valence-corrected chi connectivity index (χ2v) is 17.7. The maximum Gasteiger partial charge on any atom is 0.000440 e. The first-order valence-corrected chi connectivity index (χ1v) is 21.1. The fourth-order valence-electron chi connectivity index (χ4n) is 7.54. The first-order valence-electron chi connectivity index (χ1n) is 21.1. The molecule has 0 unspecified atom stereocenters. The van der Waals surface area contributed by atoms with Gasteiger partial charge in [-0.25, -0.2) is 0 Å². The molecule has 0 aromatic rings. The van der Waals surface area contributed by atoms with Crippen LogP contribution < -0.4 is 0 Å². The lowest BCUT2D eigenvalue weighted by molar-refractivity contribution is 0.161. The van der Waals surface area contributed by atoms with E-state index >= 15 is 0 Å². The van der Waals surface area contributed by atoms with Gasteiger partial charge in [0.1, 0.15) is 0 Å². The third-order valence-electron chi connectivity index (χ3n) is 9.61. The summed E-state index contributed by atoms with van der Waals surface area (Å²) in [4.78, 5) is 12.8. The van der Waals surface area contributed by atoms with Gasteiger partial charge in [-0.3, -0.25) is 0 Å². The molecule has 5 heterocycles. The molecular formula is C42H89N5. The second kappa shape index (κ2) is 28.5. The first-order chi connectivity index (χ1) is 22.4. The highest BCUT2D eigenvalue weighted by atomic mass is 15.2. The predicted molar refractivity (Wildman–Crippen MR) is 212 cm³/mol. The van der Waals surface area contributed by atoms with E-state index in [1.807, 2.05) is 0 Å². The van der Waals surface area contributed by atoms with Crippen molar-refractivity contribution in [2.45, 2.75) is 146 Å². The molecular weight excluding hydrogens is 574 g/mol. The van der Waals surface area contributed by atoms with Gasteiger partial charge in [0.05, 0.1) is 0 Å². The summed E-state index contributed by atoms with van der Waals surface area (Å²) in [6.07, 6.45) is 17.2. The molecule has 0 aliphatic carbocycles. The average Bonchev–Trinajstić information content (AvgIpc) is 3.50. The Morgan fingerprint density at radius 3 is 0.511 bits per heavy atom. The first kappa shape index (κ1) is 44.8. The third kappa shape index (κ3) is 27.2. The molecule has 0 saturated carbocycles. The standard InChI is InChI=1S/3C9H19N.C8H17N.C7H15N/c3*1-9(2)8-10-6-4-3-5-7-10;1-8(2)7-9-5-3-4-6-9;1-7(2)6-8-4-3-5-8/h3*9H,3-8H2,1-2H3;8H,3-7H2,1-2H3;7H,3-6H2,1-2H3. The molecule has 5 saturated heterocycles. The SMILES string of the molecule is CC(C)CN1CCC1.CC(C)CN1CCCC1.CC(C)CN1CCCCC1.CC(C)CN1CCCCC1.CC(C)CN1CCCCC1. The van der Waals surface area contributed by atoms with E-state index in [2.05, 4.69) is 93.7 Å². The van der Waals surface area contributed by atoms with Crippen molar-refractivity contribution in [1.29, 1.82) is 0 Å². The van der Waals surface area contributed by atoms with Crippen LogP contribution in [0.3, 0.4) is 0 Å². The monoisotopic (exact) mass is 664 g/mol. The lowest BCUT2D eigenvalue weighted by atomic mass is 10.1. The summed E-state index contributed by atoms with van der Waals surface area (Å²) in [5.74, 6) is 4.24. The van der Waals surface area contributed by atoms with Crippen LogP contribution in [0.4, 0.5) is 0 Å². The number of piperidine rings is 3. The summed E-state index contributed by atoms with van der Waals surface area (Å²) < 4.78 is 0. The minimum Gasteiger partial charge on any atom is -0.303 e. The molecule has 282 valence electrons. The highest BCUT2D eigenvalue weighted by Gasteiger charge is 2.14. The van der Waals surface area contributed by atoms with Gasteiger partial charge >= 0.3 is 0 Å². The fraction of sp³-hybridized carbons (Fsp3) is 1.00. The third-order valence-corrected chi connectivity index (χ3v) is 9.61. The van der Waals surface area contributed by atoms with Crippen LogP contribution in [0, 0.1) is 29.6 Å². The van der Waals surface area contributed by atoms with E-state index in [0.29, 0.717) is 0 Å². The normalized spacial score (nSPS) is 21.8. The molecule has 0 amide bonds. The van der Waals surface area contributed by atoms with Crippen LogP contribution in [-0.4, -0.2) is 123 Å². The molecule has 0 atom stereocenters. The molecule has 5 nitrogen and oxygen atoms in total. The van der Waals surface area contributed by atoms with E-state index in [1.54, 1.807) is 0 Å². The van der Waals surface area contributed by atoms with Crippen molar-refractivity contribution in [1.82, 2.24) is 24.5 Å². The number of rotatable bonds is 10. The molecule has 0 bridgehead atoms. The van der Waals surface area contributed by atoms with E-state index in [9.17, 15) is 0 Å². The van der Waals surface area contributed by atoms with Gasteiger partial charge in [-0.05, 0) is 153 Å². The van der Waals surface area contributed by atoms with E-state index in [-0.39, 0.29) is 0 Å². The van der Waals surface area contributed by atoms with E-state index < -0.39 is 0 Å². The zero-order chi connectivity index (χ0) is 34.9. The van der Waals surface area contributed by atoms with Gasteiger partial charge in [0.25, 0.3) is 0 Å². The fourth-order valence-corrected chi connectivity index (χ4v) is 7.54. The molecule has 47 heavy (non-hydrogen) atoms. The van der Waals surface area contributed by atoms with Crippen molar-refractivity contribution in [2.24, 2.45) is 29.6 Å². The van der Waals surface area contributed by atoms with Crippen molar-refractivity contribution in [3.63, 3.8) is 0 Å². The van der Waals surface area contributed by atoms with E-state index in [1.165, 1.54) is 175 Å². The molecule has 0 N–H and O–H groups in total. The molecule has 5 fully saturated rings. The summed E-state index contributed by atoms with van der Waals surface area (Å²) in [5, 5.41) is 0. The van der Waals surface area contributed by atoms with E-state index in [4.69, 9.17) is 0 Å². The molecule has 0 aromatic carbocycles. The van der Waals surface area contributed by atoms with Gasteiger partial charge in [-0.15, -0.1) is 0 Å². The zero-order valence-electron chi connectivity index (χ0n) is 34.2. The summed E-state index contributed by atoms with van der Waals surface area (Å²) in [7, 11) is 0. The lowest BCUT2D eigenvalue weighted by Crippen LogP contribution is -2.39. The minimum absolute atomic E-state index is 0.845. The predicted octanol–water partition coefficient (Wildman–Crippen LogP) is 9.47. The summed E-state index contributed by atoms with van der Waals surface area (Å²) in [6.45, 7) is 42.9. The Hall–Kier alpha value is -0.200. The van der Waals surface area contributed by atoms with Crippen molar-refractivity contribution >= 4 is 0 Å². The van der Waals surface area contributed by atoms with Crippen molar-refractivity contribution < 1.29 is 0 Å². The van der Waals surface area contributed by atoms with Crippen LogP contribution in [0.2, 0.25) is 0 Å². The van der Waals surface area contributed by atoms with Crippen molar-refractivity contribution in [3.8, 4) is 0 Å². The molecule has 0 spiro atoms. The maximum atomic E-state index is 2.59. The average molecular weight is 664 g/mol. The van der Waals surface area contributed by atoms with Crippen LogP contribution in [0.25, 0.3) is 0 Å². The minimum atomic E-state index is 0.845. The van der Waals surface area contributed by atoms with Gasteiger partial charge in [-0.2, -0.15) is 0 Å². The summed E-state index contributed by atoms with van der Waals surface area (Å²) in [6, 6.07) is 0. The highest BCUT2D eigenvalue weighted by molar-refractivity contribution is 4.70.